The van der Waals surface area contributed by atoms with E-state index in [0.29, 0.717) is 19.8 Å². The van der Waals surface area contributed by atoms with Crippen molar-refractivity contribution < 1.29 is 9.53 Å². The number of ether oxygens (including phenoxy) is 1. The molecule has 0 aromatic heterocycles. The van der Waals surface area contributed by atoms with Crippen LogP contribution in [0.15, 0.2) is 66.4 Å². The smallest absolute Gasteiger partial charge is 0.263 e. The highest BCUT2D eigenvalue weighted by Crippen LogP contribution is 2.26. The van der Waals surface area contributed by atoms with Crippen LogP contribution in [0.1, 0.15) is 5.56 Å². The van der Waals surface area contributed by atoms with Crippen molar-refractivity contribution in [2.24, 2.45) is 0 Å². The molecule has 144 valence electrons. The fourth-order valence-electron chi connectivity index (χ4n) is 3.03. The number of carbonyl (C=O) groups is 1. The number of nitrogens with zero attached hydrogens (tertiary/aromatic N) is 2. The molecule has 6 nitrogen and oxygen atoms in total. The molecule has 1 fully saturated rings. The number of hydrogen-bond acceptors (Lipinski definition) is 5. The molecule has 1 aliphatic heterocycles. The Hall–Kier alpha value is -3.30. The van der Waals surface area contributed by atoms with Crippen molar-refractivity contribution in [2.75, 3.05) is 43.1 Å². The molecule has 2 N–H and O–H groups in total. The number of nitrogens with one attached hydrogen (secondary N) is 2. The van der Waals surface area contributed by atoms with Crippen LogP contribution in [-0.2, 0) is 16.0 Å². The maximum atomic E-state index is 12.3. The van der Waals surface area contributed by atoms with Gasteiger partial charge in [0.25, 0.3) is 5.91 Å². The van der Waals surface area contributed by atoms with Crippen LogP contribution in [0.3, 0.4) is 0 Å². The summed E-state index contributed by atoms with van der Waals surface area (Å²) in [5, 5.41) is 15.3. The van der Waals surface area contributed by atoms with Gasteiger partial charge < -0.3 is 20.3 Å². The van der Waals surface area contributed by atoms with Gasteiger partial charge in [0, 0.05) is 25.8 Å². The topological polar surface area (TPSA) is 77.4 Å². The normalized spacial score (nSPS) is 14.2. The minimum atomic E-state index is -0.380. The highest BCUT2D eigenvalue weighted by atomic mass is 16.5. The van der Waals surface area contributed by atoms with E-state index in [1.807, 2.05) is 60.7 Å². The van der Waals surface area contributed by atoms with E-state index in [1.165, 1.54) is 6.20 Å². The fourth-order valence-corrected chi connectivity index (χ4v) is 3.03. The van der Waals surface area contributed by atoms with Gasteiger partial charge in [-0.05, 0) is 24.1 Å². The zero-order chi connectivity index (χ0) is 19.6. The molecular weight excluding hydrogens is 352 g/mol. The van der Waals surface area contributed by atoms with E-state index in [0.717, 1.165) is 36.4 Å². The summed E-state index contributed by atoms with van der Waals surface area (Å²) in [5.41, 5.74) is 3.07. The van der Waals surface area contributed by atoms with Gasteiger partial charge in [0.05, 0.1) is 24.6 Å². The van der Waals surface area contributed by atoms with E-state index < -0.39 is 0 Å². The molecule has 0 atom stereocenters. The molecule has 0 radical (unpaired) electrons. The van der Waals surface area contributed by atoms with Gasteiger partial charge in [-0.2, -0.15) is 5.26 Å². The highest BCUT2D eigenvalue weighted by molar-refractivity contribution is 5.97. The number of morpholine rings is 1. The number of hydrogen-bond donors (Lipinski definition) is 2. The number of nitriles is 1. The molecule has 1 saturated heterocycles. The standard InChI is InChI=1S/C22H24N4O2/c23-16-19(22(27)24-11-10-18-6-2-1-3-7-18)17-25-20-8-4-5-9-21(20)26-12-14-28-15-13-26/h1-9,17,25H,10-15H2,(H,24,27)/b19-17-. The number of amides is 1. The van der Waals surface area contributed by atoms with Crippen LogP contribution >= 0.6 is 0 Å². The van der Waals surface area contributed by atoms with Crippen molar-refractivity contribution in [3.8, 4) is 6.07 Å². The Kier molecular flexibility index (Phi) is 7.05. The summed E-state index contributed by atoms with van der Waals surface area (Å²) < 4.78 is 5.41. The van der Waals surface area contributed by atoms with E-state index in [2.05, 4.69) is 15.5 Å². The van der Waals surface area contributed by atoms with Crippen molar-refractivity contribution in [1.29, 1.82) is 5.26 Å². The summed E-state index contributed by atoms with van der Waals surface area (Å²) >= 11 is 0. The first kappa shape index (κ1) is 19.5. The van der Waals surface area contributed by atoms with Gasteiger partial charge >= 0.3 is 0 Å². The summed E-state index contributed by atoms with van der Waals surface area (Å²) in [6, 6.07) is 19.7. The average molecular weight is 376 g/mol. The van der Waals surface area contributed by atoms with E-state index in [4.69, 9.17) is 4.74 Å². The first-order valence-electron chi connectivity index (χ1n) is 9.38. The second-order valence-electron chi connectivity index (χ2n) is 6.42. The molecule has 2 aromatic carbocycles. The van der Waals surface area contributed by atoms with Gasteiger partial charge in [0.2, 0.25) is 0 Å². The maximum absolute atomic E-state index is 12.3. The fraction of sp³-hybridized carbons (Fsp3) is 0.273. The molecule has 0 bridgehead atoms. The van der Waals surface area contributed by atoms with Crippen LogP contribution < -0.4 is 15.5 Å². The SMILES string of the molecule is N#C/C(=C/Nc1ccccc1N1CCOCC1)C(=O)NCCc1ccccc1. The summed E-state index contributed by atoms with van der Waals surface area (Å²) in [6.45, 7) is 3.49. The van der Waals surface area contributed by atoms with Crippen LogP contribution in [0, 0.1) is 11.3 Å². The quantitative estimate of drug-likeness (QED) is 0.574. The van der Waals surface area contributed by atoms with Gasteiger partial charge in [-0.1, -0.05) is 42.5 Å². The molecule has 0 aliphatic carbocycles. The predicted octanol–water partition coefficient (Wildman–Crippen LogP) is 2.70. The third-order valence-corrected chi connectivity index (χ3v) is 4.53. The van der Waals surface area contributed by atoms with Crippen molar-refractivity contribution in [3.63, 3.8) is 0 Å². The largest absolute Gasteiger partial charge is 0.378 e. The average Bonchev–Trinajstić information content (AvgIpc) is 2.76. The molecular formula is C22H24N4O2. The maximum Gasteiger partial charge on any atom is 0.263 e. The Morgan fingerprint density at radius 1 is 1.11 bits per heavy atom. The zero-order valence-corrected chi connectivity index (χ0v) is 15.7. The molecule has 28 heavy (non-hydrogen) atoms. The zero-order valence-electron chi connectivity index (χ0n) is 15.7. The Bertz CT molecular complexity index is 852. The highest BCUT2D eigenvalue weighted by Gasteiger charge is 2.14. The summed E-state index contributed by atoms with van der Waals surface area (Å²) in [5.74, 6) is -0.380. The van der Waals surface area contributed by atoms with Gasteiger partial charge in [0.1, 0.15) is 11.6 Å². The van der Waals surface area contributed by atoms with Gasteiger partial charge in [-0.3, -0.25) is 4.79 Å². The molecule has 0 saturated carbocycles. The minimum Gasteiger partial charge on any atom is -0.378 e. The molecule has 1 heterocycles. The summed E-state index contributed by atoms with van der Waals surface area (Å²) in [4.78, 5) is 14.5. The lowest BCUT2D eigenvalue weighted by atomic mass is 10.1. The first-order chi connectivity index (χ1) is 13.8. The summed E-state index contributed by atoms with van der Waals surface area (Å²) in [6.07, 6.45) is 2.19. The van der Waals surface area contributed by atoms with E-state index in [1.54, 1.807) is 0 Å². The first-order valence-corrected chi connectivity index (χ1v) is 9.38. The van der Waals surface area contributed by atoms with Crippen LogP contribution in [0.5, 0.6) is 0 Å². The monoisotopic (exact) mass is 376 g/mol. The third kappa shape index (κ3) is 5.35. The third-order valence-electron chi connectivity index (χ3n) is 4.53. The Balaban J connectivity index is 1.60. The van der Waals surface area contributed by atoms with Crippen molar-refractivity contribution in [3.05, 3.63) is 71.9 Å². The lowest BCUT2D eigenvalue weighted by Gasteiger charge is -2.30. The number of rotatable bonds is 7. The lowest BCUT2D eigenvalue weighted by molar-refractivity contribution is -0.117. The predicted molar refractivity (Wildman–Crippen MR) is 110 cm³/mol. The second kappa shape index (κ2) is 10.1. The molecule has 1 amide bonds. The van der Waals surface area contributed by atoms with E-state index >= 15 is 0 Å². The summed E-state index contributed by atoms with van der Waals surface area (Å²) in [7, 11) is 0. The number of benzene rings is 2. The Morgan fingerprint density at radius 3 is 2.57 bits per heavy atom. The van der Waals surface area contributed by atoms with Crippen molar-refractivity contribution in [1.82, 2.24) is 5.32 Å². The Morgan fingerprint density at radius 2 is 1.82 bits per heavy atom. The van der Waals surface area contributed by atoms with Gasteiger partial charge in [-0.15, -0.1) is 0 Å². The van der Waals surface area contributed by atoms with E-state index in [9.17, 15) is 10.1 Å². The molecule has 0 unspecified atom stereocenters. The van der Waals surface area contributed by atoms with Crippen LogP contribution in [0.2, 0.25) is 0 Å². The van der Waals surface area contributed by atoms with Crippen LogP contribution in [-0.4, -0.2) is 38.8 Å². The number of para-hydroxylation sites is 2. The van der Waals surface area contributed by atoms with Gasteiger partial charge in [0.15, 0.2) is 0 Å². The van der Waals surface area contributed by atoms with Gasteiger partial charge in [-0.25, -0.2) is 0 Å². The molecule has 1 aliphatic rings. The molecule has 6 heteroatoms. The van der Waals surface area contributed by atoms with Crippen LogP contribution in [0.25, 0.3) is 0 Å². The van der Waals surface area contributed by atoms with Crippen molar-refractivity contribution >= 4 is 17.3 Å². The number of anilines is 2. The Labute approximate surface area is 165 Å². The number of carbonyl (C=O) groups excluding carboxylic acids is 1. The molecule has 3 rings (SSSR count). The minimum absolute atomic E-state index is 0.0462. The van der Waals surface area contributed by atoms with Crippen molar-refractivity contribution in [2.45, 2.75) is 6.42 Å². The molecule has 2 aromatic rings. The van der Waals surface area contributed by atoms with E-state index in [-0.39, 0.29) is 11.5 Å². The second-order valence-corrected chi connectivity index (χ2v) is 6.42. The molecule has 0 spiro atoms. The van der Waals surface area contributed by atoms with Crippen LogP contribution in [0.4, 0.5) is 11.4 Å². The lowest BCUT2D eigenvalue weighted by Crippen LogP contribution is -2.36.